The number of ether oxygens (including phenoxy) is 1. The molecule has 1 aromatic carbocycles. The molecule has 1 N–H and O–H groups in total. The first kappa shape index (κ1) is 12.6. The standard InChI is InChI=1S/C13H14FN3OS/c14-11-6-2-1-5-10(11)12-15-13(17-16-12)19-8-9-4-3-7-18-9/h1-2,5-6,9H,3-4,7-8H2,(H,15,16,17)/t9-/m1/s1. The zero-order chi connectivity index (χ0) is 13.1. The largest absolute Gasteiger partial charge is 0.377 e. The van der Waals surface area contributed by atoms with Gasteiger partial charge < -0.3 is 4.74 Å². The molecule has 0 bridgehead atoms. The van der Waals surface area contributed by atoms with Gasteiger partial charge in [0, 0.05) is 12.4 Å². The van der Waals surface area contributed by atoms with Crippen molar-refractivity contribution >= 4 is 11.8 Å². The summed E-state index contributed by atoms with van der Waals surface area (Å²) in [6, 6.07) is 6.53. The lowest BCUT2D eigenvalue weighted by molar-refractivity contribution is 0.129. The molecule has 0 amide bonds. The predicted molar refractivity (Wildman–Crippen MR) is 71.5 cm³/mol. The van der Waals surface area contributed by atoms with Crippen LogP contribution in [0.4, 0.5) is 4.39 Å². The Balaban J connectivity index is 1.67. The maximum absolute atomic E-state index is 13.6. The minimum Gasteiger partial charge on any atom is -0.377 e. The Morgan fingerprint density at radius 2 is 2.32 bits per heavy atom. The summed E-state index contributed by atoms with van der Waals surface area (Å²) in [5, 5.41) is 7.51. The fourth-order valence-corrected chi connectivity index (χ4v) is 2.89. The maximum atomic E-state index is 13.6. The van der Waals surface area contributed by atoms with Crippen molar-refractivity contribution in [3.05, 3.63) is 30.1 Å². The second-order valence-electron chi connectivity index (χ2n) is 4.39. The number of aromatic amines is 1. The third kappa shape index (κ3) is 2.96. The van der Waals surface area contributed by atoms with Gasteiger partial charge in [0.15, 0.2) is 5.82 Å². The van der Waals surface area contributed by atoms with E-state index in [4.69, 9.17) is 4.74 Å². The van der Waals surface area contributed by atoms with Crippen LogP contribution < -0.4 is 0 Å². The Labute approximate surface area is 114 Å². The number of hydrogen-bond donors (Lipinski definition) is 1. The summed E-state index contributed by atoms with van der Waals surface area (Å²) in [5.74, 6) is 1.01. The van der Waals surface area contributed by atoms with E-state index in [2.05, 4.69) is 15.2 Å². The van der Waals surface area contributed by atoms with Crippen LogP contribution in [0.25, 0.3) is 11.4 Å². The molecule has 6 heteroatoms. The van der Waals surface area contributed by atoms with Gasteiger partial charge in [-0.25, -0.2) is 9.37 Å². The average molecular weight is 279 g/mol. The third-order valence-electron chi connectivity index (χ3n) is 3.02. The number of H-pyrrole nitrogens is 1. The highest BCUT2D eigenvalue weighted by Crippen LogP contribution is 2.24. The smallest absolute Gasteiger partial charge is 0.208 e. The first-order valence-electron chi connectivity index (χ1n) is 6.24. The minimum absolute atomic E-state index is 0.292. The molecule has 0 radical (unpaired) electrons. The summed E-state index contributed by atoms with van der Waals surface area (Å²) in [7, 11) is 0. The van der Waals surface area contributed by atoms with Crippen molar-refractivity contribution in [2.75, 3.05) is 12.4 Å². The van der Waals surface area contributed by atoms with E-state index in [9.17, 15) is 4.39 Å². The number of rotatable bonds is 4. The second kappa shape index (κ2) is 5.71. The molecule has 1 fully saturated rings. The zero-order valence-electron chi connectivity index (χ0n) is 10.3. The van der Waals surface area contributed by atoms with Crippen LogP contribution in [0, 0.1) is 5.82 Å². The predicted octanol–water partition coefficient (Wildman–Crippen LogP) is 2.88. The van der Waals surface area contributed by atoms with Crippen molar-refractivity contribution in [2.24, 2.45) is 0 Å². The van der Waals surface area contributed by atoms with Crippen LogP contribution in [0.1, 0.15) is 12.8 Å². The van der Waals surface area contributed by atoms with Gasteiger partial charge in [-0.2, -0.15) is 0 Å². The molecule has 4 nitrogen and oxygen atoms in total. The van der Waals surface area contributed by atoms with E-state index in [-0.39, 0.29) is 5.82 Å². The Morgan fingerprint density at radius 1 is 1.42 bits per heavy atom. The number of aromatic nitrogens is 3. The molecule has 2 aromatic rings. The molecular weight excluding hydrogens is 265 g/mol. The molecular formula is C13H14FN3OS. The fourth-order valence-electron chi connectivity index (χ4n) is 2.03. The molecule has 1 aliphatic heterocycles. The Hall–Kier alpha value is -1.40. The molecule has 3 rings (SSSR count). The molecule has 0 aliphatic carbocycles. The van der Waals surface area contributed by atoms with Gasteiger partial charge in [0.2, 0.25) is 5.16 Å². The van der Waals surface area contributed by atoms with Crippen molar-refractivity contribution in [1.82, 2.24) is 15.2 Å². The summed E-state index contributed by atoms with van der Waals surface area (Å²) < 4.78 is 19.1. The third-order valence-corrected chi connectivity index (χ3v) is 4.00. The van der Waals surface area contributed by atoms with Gasteiger partial charge in [-0.05, 0) is 25.0 Å². The number of nitrogens with zero attached hydrogens (tertiary/aromatic N) is 2. The molecule has 0 spiro atoms. The van der Waals surface area contributed by atoms with E-state index in [1.165, 1.54) is 17.8 Å². The van der Waals surface area contributed by atoms with Gasteiger partial charge >= 0.3 is 0 Å². The van der Waals surface area contributed by atoms with Crippen molar-refractivity contribution in [3.63, 3.8) is 0 Å². The van der Waals surface area contributed by atoms with Gasteiger partial charge in [-0.15, -0.1) is 5.10 Å². The van der Waals surface area contributed by atoms with E-state index in [0.29, 0.717) is 22.6 Å². The van der Waals surface area contributed by atoms with Crippen LogP contribution in [-0.4, -0.2) is 33.6 Å². The van der Waals surface area contributed by atoms with Crippen molar-refractivity contribution in [2.45, 2.75) is 24.1 Å². The van der Waals surface area contributed by atoms with Crippen LogP contribution in [0.2, 0.25) is 0 Å². The number of halogens is 1. The SMILES string of the molecule is Fc1ccccc1-c1nc(SC[C@H]2CCCO2)n[nH]1. The van der Waals surface area contributed by atoms with Gasteiger partial charge in [-0.3, -0.25) is 5.10 Å². The van der Waals surface area contributed by atoms with Gasteiger partial charge in [0.1, 0.15) is 5.82 Å². The zero-order valence-corrected chi connectivity index (χ0v) is 11.1. The molecule has 100 valence electrons. The molecule has 19 heavy (non-hydrogen) atoms. The van der Waals surface area contributed by atoms with E-state index >= 15 is 0 Å². The first-order valence-corrected chi connectivity index (χ1v) is 7.23. The van der Waals surface area contributed by atoms with E-state index in [1.54, 1.807) is 18.2 Å². The van der Waals surface area contributed by atoms with Crippen molar-refractivity contribution < 1.29 is 9.13 Å². The Kier molecular flexibility index (Phi) is 3.79. The fraction of sp³-hybridized carbons (Fsp3) is 0.385. The molecule has 0 unspecified atom stereocenters. The van der Waals surface area contributed by atoms with Crippen molar-refractivity contribution in [1.29, 1.82) is 0 Å². The van der Waals surface area contributed by atoms with Gasteiger partial charge in [-0.1, -0.05) is 23.9 Å². The number of benzene rings is 1. The topological polar surface area (TPSA) is 50.8 Å². The second-order valence-corrected chi connectivity index (χ2v) is 5.38. The lowest BCUT2D eigenvalue weighted by atomic mass is 10.2. The van der Waals surface area contributed by atoms with Crippen LogP contribution >= 0.6 is 11.8 Å². The molecule has 1 aromatic heterocycles. The first-order chi connectivity index (χ1) is 9.33. The summed E-state index contributed by atoms with van der Waals surface area (Å²) in [6.45, 7) is 0.847. The Bertz CT molecular complexity index is 554. The highest BCUT2D eigenvalue weighted by Gasteiger charge is 2.17. The quantitative estimate of drug-likeness (QED) is 0.874. The van der Waals surface area contributed by atoms with Crippen LogP contribution in [0.3, 0.4) is 0 Å². The minimum atomic E-state index is -0.297. The number of hydrogen-bond acceptors (Lipinski definition) is 4. The molecule has 1 saturated heterocycles. The highest BCUT2D eigenvalue weighted by atomic mass is 32.2. The molecule has 0 saturated carbocycles. The van der Waals surface area contributed by atoms with Crippen LogP contribution in [0.15, 0.2) is 29.4 Å². The highest BCUT2D eigenvalue weighted by molar-refractivity contribution is 7.99. The van der Waals surface area contributed by atoms with E-state index < -0.39 is 0 Å². The molecule has 1 aliphatic rings. The summed E-state index contributed by atoms with van der Waals surface area (Å²) in [4.78, 5) is 4.30. The van der Waals surface area contributed by atoms with Gasteiger partial charge in [0.05, 0.1) is 11.7 Å². The molecule has 2 heterocycles. The summed E-state index contributed by atoms with van der Waals surface area (Å²) in [6.07, 6.45) is 2.51. The lowest BCUT2D eigenvalue weighted by Crippen LogP contribution is -2.07. The number of thioether (sulfide) groups is 1. The monoisotopic (exact) mass is 279 g/mol. The lowest BCUT2D eigenvalue weighted by Gasteiger charge is -2.05. The van der Waals surface area contributed by atoms with Gasteiger partial charge in [0.25, 0.3) is 0 Å². The maximum Gasteiger partial charge on any atom is 0.208 e. The Morgan fingerprint density at radius 3 is 3.11 bits per heavy atom. The summed E-state index contributed by atoms with van der Waals surface area (Å²) >= 11 is 1.54. The van der Waals surface area contributed by atoms with E-state index in [0.717, 1.165) is 25.2 Å². The summed E-state index contributed by atoms with van der Waals surface area (Å²) in [5.41, 5.74) is 0.443. The van der Waals surface area contributed by atoms with Crippen LogP contribution in [0.5, 0.6) is 0 Å². The normalized spacial score (nSPS) is 18.9. The number of nitrogens with one attached hydrogen (secondary N) is 1. The average Bonchev–Trinajstić information content (AvgIpc) is 3.08. The molecule has 1 atom stereocenters. The van der Waals surface area contributed by atoms with Crippen LogP contribution in [-0.2, 0) is 4.74 Å². The van der Waals surface area contributed by atoms with Crippen molar-refractivity contribution in [3.8, 4) is 11.4 Å². The van der Waals surface area contributed by atoms with E-state index in [1.807, 2.05) is 0 Å².